The molecule has 30 heavy (non-hydrogen) atoms. The second-order valence-electron chi connectivity index (χ2n) is 8.97. The van der Waals surface area contributed by atoms with Gasteiger partial charge in [0.1, 0.15) is 0 Å². The summed E-state index contributed by atoms with van der Waals surface area (Å²) in [5.41, 5.74) is 0.00652. The quantitative estimate of drug-likeness (QED) is 0.598. The standard InChI is InChI=1S/C21H28N4O5/c1-21(2,3)24-13-15(11-18(24)26)20(28)23-9-7-14(8-10-23)19(27)22-16-5-4-6-17(12-16)25(29)30/h4-6,12,14-15H,7-11,13H2,1-3H3,(H,22,27). The van der Waals surface area contributed by atoms with Crippen LogP contribution in [0.3, 0.4) is 0 Å². The van der Waals surface area contributed by atoms with Crippen molar-refractivity contribution in [1.29, 1.82) is 0 Å². The minimum Gasteiger partial charge on any atom is -0.342 e. The van der Waals surface area contributed by atoms with E-state index < -0.39 is 4.92 Å². The predicted molar refractivity (Wildman–Crippen MR) is 111 cm³/mol. The third-order valence-electron chi connectivity index (χ3n) is 5.79. The molecule has 1 aromatic carbocycles. The molecule has 2 saturated heterocycles. The van der Waals surface area contributed by atoms with Crippen LogP contribution >= 0.6 is 0 Å². The molecule has 1 N–H and O–H groups in total. The molecule has 3 amide bonds. The molecule has 1 atom stereocenters. The summed E-state index contributed by atoms with van der Waals surface area (Å²) in [5, 5.41) is 13.6. The number of non-ortho nitro benzene ring substituents is 1. The van der Waals surface area contributed by atoms with E-state index in [9.17, 15) is 24.5 Å². The summed E-state index contributed by atoms with van der Waals surface area (Å²) < 4.78 is 0. The first kappa shape index (κ1) is 21.7. The first-order valence-corrected chi connectivity index (χ1v) is 10.2. The lowest BCUT2D eigenvalue weighted by atomic mass is 9.94. The molecule has 0 aliphatic carbocycles. The van der Waals surface area contributed by atoms with E-state index in [2.05, 4.69) is 5.32 Å². The Balaban J connectivity index is 1.53. The van der Waals surface area contributed by atoms with E-state index in [0.29, 0.717) is 38.2 Å². The first-order chi connectivity index (χ1) is 14.1. The Bertz CT molecular complexity index is 855. The molecular weight excluding hydrogens is 388 g/mol. The highest BCUT2D eigenvalue weighted by atomic mass is 16.6. The highest BCUT2D eigenvalue weighted by Crippen LogP contribution is 2.29. The number of benzene rings is 1. The Morgan fingerprint density at radius 1 is 1.17 bits per heavy atom. The minimum absolute atomic E-state index is 0.00654. The van der Waals surface area contributed by atoms with Gasteiger partial charge < -0.3 is 15.1 Å². The van der Waals surface area contributed by atoms with E-state index in [1.165, 1.54) is 18.2 Å². The summed E-state index contributed by atoms with van der Waals surface area (Å²) >= 11 is 0. The maximum atomic E-state index is 12.9. The molecule has 2 aliphatic rings. The fraction of sp³-hybridized carbons (Fsp3) is 0.571. The number of nitro groups is 1. The van der Waals surface area contributed by atoms with Crippen LogP contribution in [0.15, 0.2) is 24.3 Å². The summed E-state index contributed by atoms with van der Waals surface area (Å²) in [6.45, 7) is 7.25. The third kappa shape index (κ3) is 4.77. The molecule has 0 radical (unpaired) electrons. The van der Waals surface area contributed by atoms with Crippen LogP contribution in [0.2, 0.25) is 0 Å². The molecule has 0 bridgehead atoms. The Kier molecular flexibility index (Phi) is 6.09. The molecule has 2 heterocycles. The van der Waals surface area contributed by atoms with Crippen molar-refractivity contribution in [2.45, 2.75) is 45.6 Å². The van der Waals surface area contributed by atoms with Crippen molar-refractivity contribution >= 4 is 29.1 Å². The van der Waals surface area contributed by atoms with Gasteiger partial charge in [-0.1, -0.05) is 6.07 Å². The normalized spacial score (nSPS) is 20.4. The van der Waals surface area contributed by atoms with Crippen molar-refractivity contribution < 1.29 is 19.3 Å². The Labute approximate surface area is 175 Å². The van der Waals surface area contributed by atoms with E-state index in [0.717, 1.165) is 0 Å². The molecule has 2 aliphatic heterocycles. The van der Waals surface area contributed by atoms with Gasteiger partial charge in [0, 0.05) is 55.3 Å². The largest absolute Gasteiger partial charge is 0.342 e. The van der Waals surface area contributed by atoms with Crippen molar-refractivity contribution in [3.8, 4) is 0 Å². The Morgan fingerprint density at radius 3 is 2.40 bits per heavy atom. The van der Waals surface area contributed by atoms with Crippen LogP contribution in [0.4, 0.5) is 11.4 Å². The number of nitrogens with one attached hydrogen (secondary N) is 1. The summed E-state index contributed by atoms with van der Waals surface area (Å²) in [6.07, 6.45) is 1.29. The number of amides is 3. The fourth-order valence-electron chi connectivity index (χ4n) is 4.08. The van der Waals surface area contributed by atoms with Crippen molar-refractivity contribution in [1.82, 2.24) is 9.80 Å². The number of nitro benzene ring substituents is 1. The lowest BCUT2D eigenvalue weighted by Gasteiger charge is -2.34. The molecule has 0 spiro atoms. The van der Waals surface area contributed by atoms with E-state index in [4.69, 9.17) is 0 Å². The van der Waals surface area contributed by atoms with Crippen molar-refractivity contribution in [3.05, 3.63) is 34.4 Å². The maximum absolute atomic E-state index is 12.9. The van der Waals surface area contributed by atoms with Crippen LogP contribution in [-0.2, 0) is 14.4 Å². The fourth-order valence-corrected chi connectivity index (χ4v) is 4.08. The second kappa shape index (κ2) is 8.41. The molecule has 1 aromatic rings. The number of hydrogen-bond acceptors (Lipinski definition) is 5. The zero-order valence-electron chi connectivity index (χ0n) is 17.6. The number of likely N-dealkylation sites (tertiary alicyclic amines) is 2. The zero-order valence-corrected chi connectivity index (χ0v) is 17.6. The van der Waals surface area contributed by atoms with Gasteiger partial charge in [0.2, 0.25) is 17.7 Å². The van der Waals surface area contributed by atoms with Gasteiger partial charge in [-0.3, -0.25) is 24.5 Å². The molecule has 9 nitrogen and oxygen atoms in total. The van der Waals surface area contributed by atoms with E-state index in [-0.39, 0.29) is 47.2 Å². The summed E-state index contributed by atoms with van der Waals surface area (Å²) in [6, 6.07) is 5.84. The van der Waals surface area contributed by atoms with Gasteiger partial charge in [-0.2, -0.15) is 0 Å². The van der Waals surface area contributed by atoms with Crippen LogP contribution in [-0.4, -0.2) is 57.6 Å². The summed E-state index contributed by atoms with van der Waals surface area (Å²) in [4.78, 5) is 51.6. The number of carbonyl (C=O) groups excluding carboxylic acids is 3. The molecule has 0 saturated carbocycles. The van der Waals surface area contributed by atoms with Crippen molar-refractivity contribution in [3.63, 3.8) is 0 Å². The average molecular weight is 416 g/mol. The minimum atomic E-state index is -0.506. The Morgan fingerprint density at radius 2 is 1.83 bits per heavy atom. The van der Waals surface area contributed by atoms with Gasteiger partial charge >= 0.3 is 0 Å². The zero-order chi connectivity index (χ0) is 22.1. The van der Waals surface area contributed by atoms with Gasteiger partial charge in [-0.15, -0.1) is 0 Å². The lowest BCUT2D eigenvalue weighted by molar-refractivity contribution is -0.384. The topological polar surface area (TPSA) is 113 Å². The first-order valence-electron chi connectivity index (χ1n) is 10.2. The van der Waals surface area contributed by atoms with Crippen molar-refractivity contribution in [2.24, 2.45) is 11.8 Å². The molecule has 162 valence electrons. The van der Waals surface area contributed by atoms with Crippen LogP contribution in [0, 0.1) is 22.0 Å². The number of rotatable bonds is 4. The molecule has 9 heteroatoms. The summed E-state index contributed by atoms with van der Waals surface area (Å²) in [7, 11) is 0. The number of piperidine rings is 1. The number of carbonyl (C=O) groups is 3. The monoisotopic (exact) mass is 416 g/mol. The average Bonchev–Trinajstić information content (AvgIpc) is 3.10. The van der Waals surface area contributed by atoms with Crippen LogP contribution < -0.4 is 5.32 Å². The second-order valence-corrected chi connectivity index (χ2v) is 8.97. The predicted octanol–water partition coefficient (Wildman–Crippen LogP) is 2.42. The van der Waals surface area contributed by atoms with Gasteiger partial charge in [0.25, 0.3) is 5.69 Å². The maximum Gasteiger partial charge on any atom is 0.271 e. The van der Waals surface area contributed by atoms with Crippen molar-refractivity contribution in [2.75, 3.05) is 25.0 Å². The SMILES string of the molecule is CC(C)(C)N1CC(C(=O)N2CCC(C(=O)Nc3cccc([N+](=O)[O-])c3)CC2)CC1=O. The number of nitrogens with zero attached hydrogens (tertiary/aromatic N) is 3. The molecule has 3 rings (SSSR count). The number of anilines is 1. The molecular formula is C21H28N4O5. The Hall–Kier alpha value is -2.97. The third-order valence-corrected chi connectivity index (χ3v) is 5.79. The lowest BCUT2D eigenvalue weighted by Crippen LogP contribution is -2.46. The molecule has 2 fully saturated rings. The van der Waals surface area contributed by atoms with Crippen LogP contribution in [0.5, 0.6) is 0 Å². The molecule has 0 aromatic heterocycles. The van der Waals surface area contributed by atoms with Crippen LogP contribution in [0.1, 0.15) is 40.0 Å². The van der Waals surface area contributed by atoms with E-state index in [1.54, 1.807) is 15.9 Å². The van der Waals surface area contributed by atoms with Gasteiger partial charge in [-0.25, -0.2) is 0 Å². The highest BCUT2D eigenvalue weighted by molar-refractivity contribution is 5.93. The highest BCUT2D eigenvalue weighted by Gasteiger charge is 2.41. The van der Waals surface area contributed by atoms with Gasteiger partial charge in [0.15, 0.2) is 0 Å². The van der Waals surface area contributed by atoms with E-state index >= 15 is 0 Å². The number of hydrogen-bond donors (Lipinski definition) is 1. The molecule has 1 unspecified atom stereocenters. The van der Waals surface area contributed by atoms with Crippen LogP contribution in [0.25, 0.3) is 0 Å². The van der Waals surface area contributed by atoms with E-state index in [1.807, 2.05) is 20.8 Å². The summed E-state index contributed by atoms with van der Waals surface area (Å²) in [5.74, 6) is -0.797. The van der Waals surface area contributed by atoms with Gasteiger partial charge in [0.05, 0.1) is 10.8 Å². The smallest absolute Gasteiger partial charge is 0.271 e. The van der Waals surface area contributed by atoms with Gasteiger partial charge in [-0.05, 0) is 39.7 Å².